The zero-order valence-corrected chi connectivity index (χ0v) is 12.7. The van der Waals surface area contributed by atoms with Crippen LogP contribution in [0.3, 0.4) is 0 Å². The highest BCUT2D eigenvalue weighted by Crippen LogP contribution is 2.28. The summed E-state index contributed by atoms with van der Waals surface area (Å²) in [6.07, 6.45) is 3.39. The summed E-state index contributed by atoms with van der Waals surface area (Å²) in [6.45, 7) is 4.28. The van der Waals surface area contributed by atoms with Crippen LogP contribution in [-0.2, 0) is 9.31 Å². The molecule has 5 heteroatoms. The normalized spacial score (nSPS) is 22.7. The molecule has 20 heavy (non-hydrogen) atoms. The Kier molecular flexibility index (Phi) is 5.32. The van der Waals surface area contributed by atoms with Gasteiger partial charge >= 0.3 is 7.12 Å². The standard InChI is InChI=1S/C15H23BO4/c1-5-11-10-12(6-2)20-16(19-11)13-8-7-9-14(17-3)15(13)18-4/h7-9,11-12H,5-6,10H2,1-4H3. The molecule has 0 aliphatic carbocycles. The molecule has 1 aliphatic rings. The fourth-order valence-electron chi connectivity index (χ4n) is 2.56. The molecule has 0 radical (unpaired) electrons. The van der Waals surface area contributed by atoms with E-state index in [9.17, 15) is 0 Å². The fourth-order valence-corrected chi connectivity index (χ4v) is 2.56. The molecule has 4 nitrogen and oxygen atoms in total. The number of rotatable bonds is 5. The minimum Gasteiger partial charge on any atom is -0.493 e. The SMILES string of the molecule is CCC1CC(CC)OB(c2cccc(OC)c2OC)O1. The first-order valence-corrected chi connectivity index (χ1v) is 7.25. The van der Waals surface area contributed by atoms with Gasteiger partial charge in [0.2, 0.25) is 0 Å². The number of hydrogen-bond donors (Lipinski definition) is 0. The Hall–Kier alpha value is -1.20. The van der Waals surface area contributed by atoms with Gasteiger partial charge in [-0.2, -0.15) is 0 Å². The molecule has 0 aromatic heterocycles. The average molecular weight is 278 g/mol. The van der Waals surface area contributed by atoms with E-state index in [4.69, 9.17) is 18.8 Å². The molecule has 1 aliphatic heterocycles. The van der Waals surface area contributed by atoms with Crippen LogP contribution in [0.2, 0.25) is 0 Å². The van der Waals surface area contributed by atoms with Gasteiger partial charge in [0.15, 0.2) is 11.5 Å². The van der Waals surface area contributed by atoms with Crippen LogP contribution in [0, 0.1) is 0 Å². The summed E-state index contributed by atoms with van der Waals surface area (Å²) in [5, 5.41) is 0. The average Bonchev–Trinajstić information content (AvgIpc) is 2.53. The molecule has 0 bridgehead atoms. The van der Waals surface area contributed by atoms with Gasteiger partial charge in [0.1, 0.15) is 0 Å². The van der Waals surface area contributed by atoms with Gasteiger partial charge in [-0.3, -0.25) is 0 Å². The van der Waals surface area contributed by atoms with Gasteiger partial charge in [-0.15, -0.1) is 0 Å². The Balaban J connectivity index is 2.29. The lowest BCUT2D eigenvalue weighted by Crippen LogP contribution is -2.48. The van der Waals surface area contributed by atoms with Gasteiger partial charge in [0.25, 0.3) is 0 Å². The molecular weight excluding hydrogens is 255 g/mol. The first-order valence-electron chi connectivity index (χ1n) is 7.25. The van der Waals surface area contributed by atoms with Crippen molar-refractivity contribution >= 4 is 12.6 Å². The lowest BCUT2D eigenvalue weighted by Gasteiger charge is -2.34. The van der Waals surface area contributed by atoms with Crippen molar-refractivity contribution in [2.24, 2.45) is 0 Å². The molecule has 0 saturated carbocycles. The molecule has 1 aromatic rings. The summed E-state index contributed by atoms with van der Waals surface area (Å²) in [6, 6.07) is 5.77. The van der Waals surface area contributed by atoms with Crippen LogP contribution in [0.15, 0.2) is 18.2 Å². The van der Waals surface area contributed by atoms with Gasteiger partial charge in [-0.25, -0.2) is 0 Å². The van der Waals surface area contributed by atoms with E-state index < -0.39 is 0 Å². The van der Waals surface area contributed by atoms with Crippen molar-refractivity contribution in [3.8, 4) is 11.5 Å². The second kappa shape index (κ2) is 7.00. The maximum absolute atomic E-state index is 6.04. The highest BCUT2D eigenvalue weighted by atomic mass is 16.6. The monoisotopic (exact) mass is 278 g/mol. The topological polar surface area (TPSA) is 36.9 Å². The van der Waals surface area contributed by atoms with Crippen LogP contribution < -0.4 is 14.9 Å². The van der Waals surface area contributed by atoms with Gasteiger partial charge in [-0.1, -0.05) is 26.0 Å². The summed E-state index contributed by atoms with van der Waals surface area (Å²) in [5.74, 6) is 1.38. The van der Waals surface area contributed by atoms with Crippen molar-refractivity contribution in [2.45, 2.75) is 45.3 Å². The molecule has 1 saturated heterocycles. The van der Waals surface area contributed by atoms with E-state index >= 15 is 0 Å². The Labute approximate surface area is 121 Å². The maximum atomic E-state index is 6.04. The van der Waals surface area contributed by atoms with Crippen molar-refractivity contribution in [3.63, 3.8) is 0 Å². The maximum Gasteiger partial charge on any atom is 0.498 e. The highest BCUT2D eigenvalue weighted by molar-refractivity contribution is 6.62. The lowest BCUT2D eigenvalue weighted by atomic mass is 9.75. The Morgan fingerprint density at radius 2 is 1.75 bits per heavy atom. The predicted octanol–water partition coefficient (Wildman–Crippen LogP) is 2.39. The van der Waals surface area contributed by atoms with Crippen LogP contribution in [-0.4, -0.2) is 33.5 Å². The number of ether oxygens (including phenoxy) is 2. The van der Waals surface area contributed by atoms with Crippen LogP contribution in [0.25, 0.3) is 0 Å². The van der Waals surface area contributed by atoms with Crippen LogP contribution in [0.1, 0.15) is 33.1 Å². The van der Waals surface area contributed by atoms with Crippen LogP contribution >= 0.6 is 0 Å². The Bertz CT molecular complexity index is 426. The molecule has 1 fully saturated rings. The van der Waals surface area contributed by atoms with E-state index in [1.807, 2.05) is 18.2 Å². The number of benzene rings is 1. The van der Waals surface area contributed by atoms with E-state index in [-0.39, 0.29) is 19.3 Å². The summed E-state index contributed by atoms with van der Waals surface area (Å²) in [5.41, 5.74) is 0.892. The molecule has 1 aromatic carbocycles. The van der Waals surface area contributed by atoms with Crippen molar-refractivity contribution < 1.29 is 18.8 Å². The zero-order valence-electron chi connectivity index (χ0n) is 12.7. The third-order valence-electron chi connectivity index (χ3n) is 3.76. The first-order chi connectivity index (χ1) is 9.73. The molecule has 2 rings (SSSR count). The van der Waals surface area contributed by atoms with Gasteiger partial charge in [0.05, 0.1) is 14.2 Å². The molecule has 0 N–H and O–H groups in total. The molecule has 0 spiro atoms. The largest absolute Gasteiger partial charge is 0.498 e. The fraction of sp³-hybridized carbons (Fsp3) is 0.600. The lowest BCUT2D eigenvalue weighted by molar-refractivity contribution is 0.0193. The van der Waals surface area contributed by atoms with Crippen molar-refractivity contribution in [2.75, 3.05) is 14.2 Å². The van der Waals surface area contributed by atoms with E-state index in [2.05, 4.69) is 13.8 Å². The molecule has 2 atom stereocenters. The van der Waals surface area contributed by atoms with E-state index in [0.29, 0.717) is 11.5 Å². The van der Waals surface area contributed by atoms with Gasteiger partial charge in [-0.05, 0) is 25.3 Å². The molecule has 2 unspecified atom stereocenters. The zero-order chi connectivity index (χ0) is 14.5. The summed E-state index contributed by atoms with van der Waals surface area (Å²) >= 11 is 0. The van der Waals surface area contributed by atoms with Crippen molar-refractivity contribution in [1.29, 1.82) is 0 Å². The number of methoxy groups -OCH3 is 2. The van der Waals surface area contributed by atoms with E-state index in [1.54, 1.807) is 14.2 Å². The Morgan fingerprint density at radius 1 is 1.10 bits per heavy atom. The van der Waals surface area contributed by atoms with E-state index in [1.165, 1.54) is 0 Å². The van der Waals surface area contributed by atoms with Crippen molar-refractivity contribution in [3.05, 3.63) is 18.2 Å². The number of para-hydroxylation sites is 1. The van der Waals surface area contributed by atoms with Gasteiger partial charge < -0.3 is 18.8 Å². The molecule has 0 amide bonds. The summed E-state index contributed by atoms with van der Waals surface area (Å²) in [7, 11) is 2.89. The third-order valence-corrected chi connectivity index (χ3v) is 3.76. The first kappa shape index (κ1) is 15.2. The molecule has 110 valence electrons. The summed E-state index contributed by atoms with van der Waals surface area (Å²) < 4.78 is 22.9. The quantitative estimate of drug-likeness (QED) is 0.775. The summed E-state index contributed by atoms with van der Waals surface area (Å²) in [4.78, 5) is 0. The smallest absolute Gasteiger partial charge is 0.493 e. The van der Waals surface area contributed by atoms with E-state index in [0.717, 1.165) is 24.7 Å². The van der Waals surface area contributed by atoms with Crippen LogP contribution in [0.5, 0.6) is 11.5 Å². The molecule has 1 heterocycles. The third kappa shape index (κ3) is 3.10. The van der Waals surface area contributed by atoms with Crippen LogP contribution in [0.4, 0.5) is 0 Å². The van der Waals surface area contributed by atoms with Gasteiger partial charge in [0, 0.05) is 17.7 Å². The predicted molar refractivity (Wildman–Crippen MR) is 79.9 cm³/mol. The minimum absolute atomic E-state index is 0.231. The van der Waals surface area contributed by atoms with Crippen molar-refractivity contribution in [1.82, 2.24) is 0 Å². The Morgan fingerprint density at radius 3 is 2.25 bits per heavy atom. The minimum atomic E-state index is -0.385. The second-order valence-corrected chi connectivity index (χ2v) is 4.98. The molecular formula is C15H23BO4. The number of hydrogen-bond acceptors (Lipinski definition) is 4. The second-order valence-electron chi connectivity index (χ2n) is 4.98. The highest BCUT2D eigenvalue weighted by Gasteiger charge is 2.36.